The summed E-state index contributed by atoms with van der Waals surface area (Å²) in [6, 6.07) is 2.47. The standard InChI is InChI=1S/C11H8Cl2FN5O/c12-6-1-5(2-7(13)10(6)14)17-11(20)8-3-16-4-9(18-8)19-15/h1-4H,15H2,(H,17,20)(H,18,19). The number of amides is 1. The molecule has 0 aliphatic rings. The first kappa shape index (κ1) is 14.4. The molecule has 0 radical (unpaired) electrons. The van der Waals surface area contributed by atoms with Gasteiger partial charge in [-0.3, -0.25) is 9.78 Å². The quantitative estimate of drug-likeness (QED) is 0.459. The minimum atomic E-state index is -0.750. The molecule has 0 aliphatic heterocycles. The third-order valence-corrected chi connectivity index (χ3v) is 2.81. The van der Waals surface area contributed by atoms with Gasteiger partial charge in [-0.25, -0.2) is 15.2 Å². The van der Waals surface area contributed by atoms with Crippen LogP contribution >= 0.6 is 23.2 Å². The molecule has 104 valence electrons. The molecule has 0 spiro atoms. The molecule has 20 heavy (non-hydrogen) atoms. The van der Waals surface area contributed by atoms with Gasteiger partial charge in [-0.2, -0.15) is 0 Å². The second-order valence-corrected chi connectivity index (χ2v) is 4.46. The van der Waals surface area contributed by atoms with Gasteiger partial charge in [0.1, 0.15) is 5.69 Å². The van der Waals surface area contributed by atoms with E-state index in [4.69, 9.17) is 29.0 Å². The van der Waals surface area contributed by atoms with E-state index in [1.165, 1.54) is 24.5 Å². The fourth-order valence-electron chi connectivity index (χ4n) is 1.37. The number of nitrogen functional groups attached to an aromatic ring is 1. The molecule has 9 heteroatoms. The van der Waals surface area contributed by atoms with Crippen LogP contribution in [0.2, 0.25) is 10.0 Å². The number of halogens is 3. The molecule has 6 nitrogen and oxygen atoms in total. The third-order valence-electron chi connectivity index (χ3n) is 2.26. The Morgan fingerprint density at radius 1 is 1.25 bits per heavy atom. The van der Waals surface area contributed by atoms with Crippen LogP contribution in [-0.4, -0.2) is 15.9 Å². The van der Waals surface area contributed by atoms with Crippen molar-refractivity contribution in [3.63, 3.8) is 0 Å². The fourth-order valence-corrected chi connectivity index (χ4v) is 1.85. The molecular formula is C11H8Cl2FN5O. The van der Waals surface area contributed by atoms with Gasteiger partial charge in [0.25, 0.3) is 5.91 Å². The molecule has 0 atom stereocenters. The van der Waals surface area contributed by atoms with Crippen LogP contribution in [0.4, 0.5) is 15.9 Å². The molecule has 0 saturated carbocycles. The molecule has 2 rings (SSSR count). The molecule has 0 unspecified atom stereocenters. The zero-order chi connectivity index (χ0) is 14.7. The Balaban J connectivity index is 2.23. The number of anilines is 2. The van der Waals surface area contributed by atoms with Gasteiger partial charge in [-0.05, 0) is 12.1 Å². The summed E-state index contributed by atoms with van der Waals surface area (Å²) in [6.07, 6.45) is 2.60. The van der Waals surface area contributed by atoms with Crippen molar-refractivity contribution in [2.45, 2.75) is 0 Å². The Morgan fingerprint density at radius 2 is 1.90 bits per heavy atom. The number of benzene rings is 1. The van der Waals surface area contributed by atoms with Crippen LogP contribution in [0.1, 0.15) is 10.5 Å². The molecule has 1 heterocycles. The van der Waals surface area contributed by atoms with Crippen molar-refractivity contribution in [1.82, 2.24) is 9.97 Å². The highest BCUT2D eigenvalue weighted by atomic mass is 35.5. The van der Waals surface area contributed by atoms with Gasteiger partial charge in [-0.1, -0.05) is 23.2 Å². The van der Waals surface area contributed by atoms with E-state index in [9.17, 15) is 9.18 Å². The van der Waals surface area contributed by atoms with Gasteiger partial charge in [0, 0.05) is 5.69 Å². The van der Waals surface area contributed by atoms with E-state index in [2.05, 4.69) is 20.7 Å². The Morgan fingerprint density at radius 3 is 2.50 bits per heavy atom. The van der Waals surface area contributed by atoms with E-state index in [0.29, 0.717) is 0 Å². The number of rotatable bonds is 3. The van der Waals surface area contributed by atoms with E-state index < -0.39 is 11.7 Å². The van der Waals surface area contributed by atoms with Gasteiger partial charge in [0.2, 0.25) is 0 Å². The first-order chi connectivity index (χ1) is 9.51. The molecule has 2 aromatic rings. The van der Waals surface area contributed by atoms with Crippen molar-refractivity contribution in [3.8, 4) is 0 Å². The van der Waals surface area contributed by atoms with Crippen LogP contribution in [0.25, 0.3) is 0 Å². The lowest BCUT2D eigenvalue weighted by Gasteiger charge is -2.07. The van der Waals surface area contributed by atoms with Crippen molar-refractivity contribution < 1.29 is 9.18 Å². The molecule has 1 aromatic carbocycles. The number of nitrogens with two attached hydrogens (primary N) is 1. The number of carbonyl (C=O) groups is 1. The van der Waals surface area contributed by atoms with Crippen LogP contribution in [0.5, 0.6) is 0 Å². The number of hydrazine groups is 1. The smallest absolute Gasteiger partial charge is 0.275 e. The number of aromatic nitrogens is 2. The third kappa shape index (κ3) is 3.13. The number of hydrogen-bond donors (Lipinski definition) is 3. The minimum absolute atomic E-state index is 0.0250. The minimum Gasteiger partial charge on any atom is -0.320 e. The zero-order valence-electron chi connectivity index (χ0n) is 9.82. The number of carbonyl (C=O) groups excluding carboxylic acids is 1. The van der Waals surface area contributed by atoms with Crippen molar-refractivity contribution in [2.75, 3.05) is 10.7 Å². The topological polar surface area (TPSA) is 92.9 Å². The lowest BCUT2D eigenvalue weighted by atomic mass is 10.3. The van der Waals surface area contributed by atoms with Crippen LogP contribution in [-0.2, 0) is 0 Å². The van der Waals surface area contributed by atoms with Gasteiger partial charge in [0.05, 0.1) is 22.4 Å². The van der Waals surface area contributed by atoms with Gasteiger partial charge >= 0.3 is 0 Å². The van der Waals surface area contributed by atoms with E-state index in [0.717, 1.165) is 0 Å². The Labute approximate surface area is 123 Å². The normalized spacial score (nSPS) is 10.2. The molecule has 4 N–H and O–H groups in total. The molecule has 0 bridgehead atoms. The van der Waals surface area contributed by atoms with Crippen LogP contribution in [0, 0.1) is 5.82 Å². The Kier molecular flexibility index (Phi) is 4.33. The van der Waals surface area contributed by atoms with E-state index in [1.807, 2.05) is 0 Å². The number of hydrogen-bond acceptors (Lipinski definition) is 5. The van der Waals surface area contributed by atoms with Crippen molar-refractivity contribution >= 4 is 40.6 Å². The SMILES string of the molecule is NNc1cncc(C(=O)Nc2cc(Cl)c(F)c(Cl)c2)n1. The van der Waals surface area contributed by atoms with Crippen LogP contribution < -0.4 is 16.6 Å². The summed E-state index contributed by atoms with van der Waals surface area (Å²) in [5.74, 6) is 4.09. The van der Waals surface area contributed by atoms with Gasteiger partial charge < -0.3 is 10.7 Å². The highest BCUT2D eigenvalue weighted by Crippen LogP contribution is 2.27. The van der Waals surface area contributed by atoms with Crippen molar-refractivity contribution in [2.24, 2.45) is 5.84 Å². The molecule has 0 saturated heterocycles. The Hall–Kier alpha value is -1.96. The molecule has 0 fully saturated rings. The summed E-state index contributed by atoms with van der Waals surface area (Å²) < 4.78 is 13.2. The van der Waals surface area contributed by atoms with Crippen LogP contribution in [0.3, 0.4) is 0 Å². The summed E-state index contributed by atoms with van der Waals surface area (Å²) in [6.45, 7) is 0. The summed E-state index contributed by atoms with van der Waals surface area (Å²) in [4.78, 5) is 19.6. The largest absolute Gasteiger partial charge is 0.320 e. The van der Waals surface area contributed by atoms with Crippen LogP contribution in [0.15, 0.2) is 24.5 Å². The van der Waals surface area contributed by atoms with E-state index in [1.54, 1.807) is 0 Å². The predicted molar refractivity (Wildman–Crippen MR) is 74.2 cm³/mol. The predicted octanol–water partition coefficient (Wildman–Crippen LogP) is 2.46. The summed E-state index contributed by atoms with van der Waals surface area (Å²) in [7, 11) is 0. The summed E-state index contributed by atoms with van der Waals surface area (Å²) in [5.41, 5.74) is 2.53. The molecular weight excluding hydrogens is 308 g/mol. The highest BCUT2D eigenvalue weighted by Gasteiger charge is 2.12. The zero-order valence-corrected chi connectivity index (χ0v) is 11.3. The first-order valence-electron chi connectivity index (χ1n) is 5.26. The lowest BCUT2D eigenvalue weighted by molar-refractivity contribution is 0.102. The first-order valence-corrected chi connectivity index (χ1v) is 6.01. The fraction of sp³-hybridized carbons (Fsp3) is 0. The maximum atomic E-state index is 13.2. The van der Waals surface area contributed by atoms with E-state index >= 15 is 0 Å². The summed E-state index contributed by atoms with van der Waals surface area (Å²) >= 11 is 11.3. The lowest BCUT2D eigenvalue weighted by Crippen LogP contribution is -2.16. The molecule has 1 amide bonds. The average Bonchev–Trinajstić information content (AvgIpc) is 2.44. The Bertz CT molecular complexity index is 644. The monoisotopic (exact) mass is 315 g/mol. The van der Waals surface area contributed by atoms with Gasteiger partial charge in [-0.15, -0.1) is 0 Å². The van der Waals surface area contributed by atoms with Crippen molar-refractivity contribution in [3.05, 3.63) is 46.1 Å². The maximum absolute atomic E-state index is 13.2. The number of nitrogens with zero attached hydrogens (tertiary/aromatic N) is 2. The maximum Gasteiger partial charge on any atom is 0.275 e. The van der Waals surface area contributed by atoms with Gasteiger partial charge in [0.15, 0.2) is 11.6 Å². The highest BCUT2D eigenvalue weighted by molar-refractivity contribution is 6.35. The molecule has 0 aliphatic carbocycles. The second-order valence-electron chi connectivity index (χ2n) is 3.64. The second kappa shape index (κ2) is 6.00. The summed E-state index contributed by atoms with van der Waals surface area (Å²) in [5, 5.41) is 2.08. The average molecular weight is 316 g/mol. The number of nitrogens with one attached hydrogen (secondary N) is 2. The van der Waals surface area contributed by atoms with E-state index in [-0.39, 0.29) is 27.2 Å². The molecule has 1 aromatic heterocycles. The van der Waals surface area contributed by atoms with Crippen molar-refractivity contribution in [1.29, 1.82) is 0 Å².